The molecular formula is C11H19ClS. The zero-order valence-electron chi connectivity index (χ0n) is 8.72. The molecule has 0 aromatic carbocycles. The van der Waals surface area contributed by atoms with Crippen LogP contribution in [0.2, 0.25) is 0 Å². The summed E-state index contributed by atoms with van der Waals surface area (Å²) in [4.78, 5) is 0. The van der Waals surface area contributed by atoms with Crippen LogP contribution in [0.15, 0.2) is 30.5 Å². The van der Waals surface area contributed by atoms with Crippen molar-refractivity contribution in [2.24, 2.45) is 0 Å². The molecule has 0 aromatic heterocycles. The van der Waals surface area contributed by atoms with Crippen molar-refractivity contribution in [3.05, 3.63) is 30.5 Å². The summed E-state index contributed by atoms with van der Waals surface area (Å²) in [6, 6.07) is 0. The van der Waals surface area contributed by atoms with E-state index < -0.39 is 10.0 Å². The minimum absolute atomic E-state index is 0.268. The van der Waals surface area contributed by atoms with Gasteiger partial charge >= 0.3 is 0 Å². The van der Waals surface area contributed by atoms with Gasteiger partial charge in [-0.3, -0.25) is 0 Å². The Morgan fingerprint density at radius 1 is 1.46 bits per heavy atom. The van der Waals surface area contributed by atoms with E-state index in [4.69, 9.17) is 11.6 Å². The van der Waals surface area contributed by atoms with Crippen LogP contribution in [-0.2, 0) is 0 Å². The van der Waals surface area contributed by atoms with Gasteiger partial charge in [-0.15, -0.1) is 17.3 Å². The maximum atomic E-state index is 6.16. The SMILES string of the molecule is C=C=CC=CCC(Cl)CS(C)(C)C. The van der Waals surface area contributed by atoms with E-state index in [1.54, 1.807) is 6.08 Å². The minimum Gasteiger partial charge on any atom is -0.248 e. The summed E-state index contributed by atoms with van der Waals surface area (Å²) in [5.41, 5.74) is 2.69. The Hall–Kier alpha value is -0.100. The highest BCUT2D eigenvalue weighted by molar-refractivity contribution is 8.32. The Balaban J connectivity index is 3.75. The van der Waals surface area contributed by atoms with Crippen LogP contribution >= 0.6 is 21.6 Å². The molecule has 0 nitrogen and oxygen atoms in total. The van der Waals surface area contributed by atoms with E-state index >= 15 is 0 Å². The average molecular weight is 219 g/mol. The largest absolute Gasteiger partial charge is 0.248 e. The van der Waals surface area contributed by atoms with Crippen molar-refractivity contribution in [1.82, 2.24) is 0 Å². The molecule has 0 bridgehead atoms. The maximum Gasteiger partial charge on any atom is 0.0446 e. The van der Waals surface area contributed by atoms with Crippen LogP contribution in [0.1, 0.15) is 6.42 Å². The molecule has 0 amide bonds. The van der Waals surface area contributed by atoms with Crippen molar-refractivity contribution in [1.29, 1.82) is 0 Å². The molecule has 0 aliphatic rings. The molecule has 0 fully saturated rings. The number of hydrogen-bond donors (Lipinski definition) is 0. The molecule has 0 radical (unpaired) electrons. The van der Waals surface area contributed by atoms with Crippen molar-refractivity contribution in [3.63, 3.8) is 0 Å². The molecule has 76 valence electrons. The molecule has 0 N–H and O–H groups in total. The Bertz CT molecular complexity index is 207. The molecule has 13 heavy (non-hydrogen) atoms. The van der Waals surface area contributed by atoms with Crippen LogP contribution in [-0.4, -0.2) is 29.9 Å². The zero-order valence-corrected chi connectivity index (χ0v) is 10.3. The molecule has 2 heteroatoms. The van der Waals surface area contributed by atoms with Crippen LogP contribution in [0.3, 0.4) is 0 Å². The summed E-state index contributed by atoms with van der Waals surface area (Å²) in [6.07, 6.45) is 13.6. The molecule has 1 atom stereocenters. The lowest BCUT2D eigenvalue weighted by Gasteiger charge is -2.27. The monoisotopic (exact) mass is 218 g/mol. The quantitative estimate of drug-likeness (QED) is 0.376. The fourth-order valence-electron chi connectivity index (χ4n) is 0.973. The maximum absolute atomic E-state index is 6.16. The number of halogens is 1. The highest BCUT2D eigenvalue weighted by Crippen LogP contribution is 2.37. The van der Waals surface area contributed by atoms with Gasteiger partial charge in [0.2, 0.25) is 0 Å². The van der Waals surface area contributed by atoms with Crippen LogP contribution in [0.4, 0.5) is 0 Å². The molecule has 0 rings (SSSR count). The summed E-state index contributed by atoms with van der Waals surface area (Å²) < 4.78 is 0. The number of hydrogen-bond acceptors (Lipinski definition) is 0. The number of alkyl halides is 1. The van der Waals surface area contributed by atoms with Crippen LogP contribution in [0, 0.1) is 0 Å². The third kappa shape index (κ3) is 9.82. The van der Waals surface area contributed by atoms with Crippen LogP contribution in [0.25, 0.3) is 0 Å². The van der Waals surface area contributed by atoms with E-state index in [1.165, 1.54) is 0 Å². The first-order valence-electron chi connectivity index (χ1n) is 4.27. The van der Waals surface area contributed by atoms with Crippen molar-refractivity contribution in [2.75, 3.05) is 24.5 Å². The van der Waals surface area contributed by atoms with Gasteiger partial charge in [0.15, 0.2) is 0 Å². The van der Waals surface area contributed by atoms with Crippen molar-refractivity contribution >= 4 is 21.6 Å². The lowest BCUT2D eigenvalue weighted by atomic mass is 10.3. The summed E-state index contributed by atoms with van der Waals surface area (Å²) in [5.74, 6) is 1.12. The predicted molar refractivity (Wildman–Crippen MR) is 67.3 cm³/mol. The first kappa shape index (κ1) is 12.9. The lowest BCUT2D eigenvalue weighted by molar-refractivity contribution is 0.977. The summed E-state index contributed by atoms with van der Waals surface area (Å²) in [7, 11) is -0.470. The number of allylic oxidation sites excluding steroid dienone is 3. The molecule has 0 saturated carbocycles. The minimum atomic E-state index is -0.470. The van der Waals surface area contributed by atoms with Crippen LogP contribution in [0.5, 0.6) is 0 Å². The van der Waals surface area contributed by atoms with Crippen LogP contribution < -0.4 is 0 Å². The molecule has 1 unspecified atom stereocenters. The summed E-state index contributed by atoms with van der Waals surface area (Å²) in [6.45, 7) is 3.48. The lowest BCUT2D eigenvalue weighted by Crippen LogP contribution is -2.10. The van der Waals surface area contributed by atoms with Gasteiger partial charge in [0, 0.05) is 5.38 Å². The van der Waals surface area contributed by atoms with E-state index in [0.717, 1.165) is 12.2 Å². The smallest absolute Gasteiger partial charge is 0.0446 e. The Labute approximate surface area is 88.7 Å². The molecule has 0 aromatic rings. The van der Waals surface area contributed by atoms with E-state index in [9.17, 15) is 0 Å². The summed E-state index contributed by atoms with van der Waals surface area (Å²) >= 11 is 6.16. The van der Waals surface area contributed by atoms with Gasteiger partial charge < -0.3 is 0 Å². The molecule has 0 aliphatic heterocycles. The molecule has 0 heterocycles. The van der Waals surface area contributed by atoms with E-state index in [-0.39, 0.29) is 5.38 Å². The highest BCUT2D eigenvalue weighted by atomic mass is 35.5. The predicted octanol–water partition coefficient (Wildman–Crippen LogP) is 3.58. The fraction of sp³-hybridized carbons (Fsp3) is 0.545. The first-order chi connectivity index (χ1) is 5.95. The van der Waals surface area contributed by atoms with Gasteiger partial charge in [0.05, 0.1) is 0 Å². The molecule has 0 aliphatic carbocycles. The second kappa shape index (κ2) is 6.37. The summed E-state index contributed by atoms with van der Waals surface area (Å²) in [5, 5.41) is 0.268. The highest BCUT2D eigenvalue weighted by Gasteiger charge is 2.10. The van der Waals surface area contributed by atoms with E-state index in [0.29, 0.717) is 0 Å². The standard InChI is InChI=1S/C11H19ClS/c1-5-6-7-8-9-11(12)10-13(2,3)4/h6-8,11H,1,9-10H2,2-4H3. The molecule has 0 spiro atoms. The third-order valence-corrected chi connectivity index (χ3v) is 3.34. The normalized spacial score (nSPS) is 15.4. The number of rotatable bonds is 5. The van der Waals surface area contributed by atoms with Gasteiger partial charge in [-0.2, -0.15) is 0 Å². The van der Waals surface area contributed by atoms with Gasteiger partial charge in [0.1, 0.15) is 0 Å². The third-order valence-electron chi connectivity index (χ3n) is 1.42. The Morgan fingerprint density at radius 2 is 2.08 bits per heavy atom. The van der Waals surface area contributed by atoms with Gasteiger partial charge in [-0.25, -0.2) is 10.0 Å². The van der Waals surface area contributed by atoms with Gasteiger partial charge in [-0.1, -0.05) is 18.7 Å². The van der Waals surface area contributed by atoms with Crippen molar-refractivity contribution in [2.45, 2.75) is 11.8 Å². The Kier molecular flexibility index (Phi) is 6.32. The first-order valence-corrected chi connectivity index (χ1v) is 7.73. The van der Waals surface area contributed by atoms with E-state index in [1.807, 2.05) is 6.08 Å². The van der Waals surface area contributed by atoms with Gasteiger partial charge in [-0.05, 0) is 37.0 Å². The average Bonchev–Trinajstić information content (AvgIpc) is 1.94. The van der Waals surface area contributed by atoms with E-state index in [2.05, 4.69) is 37.2 Å². The Morgan fingerprint density at radius 3 is 2.54 bits per heavy atom. The topological polar surface area (TPSA) is 0 Å². The van der Waals surface area contributed by atoms with Crippen molar-refractivity contribution in [3.8, 4) is 0 Å². The zero-order chi connectivity index (χ0) is 10.3. The molecule has 0 saturated heterocycles. The fourth-order valence-corrected chi connectivity index (χ4v) is 3.43. The second-order valence-electron chi connectivity index (χ2n) is 3.89. The second-order valence-corrected chi connectivity index (χ2v) is 9.02. The van der Waals surface area contributed by atoms with Crippen molar-refractivity contribution < 1.29 is 0 Å². The van der Waals surface area contributed by atoms with Gasteiger partial charge in [0.25, 0.3) is 0 Å². The molecular weight excluding hydrogens is 200 g/mol.